The average Bonchev–Trinajstić information content (AvgIpc) is 2.79. The molecule has 18 heavy (non-hydrogen) atoms. The number of halogens is 1. The number of anilines is 1. The van der Waals surface area contributed by atoms with Gasteiger partial charge in [0.1, 0.15) is 6.07 Å². The van der Waals surface area contributed by atoms with Crippen molar-refractivity contribution in [1.82, 2.24) is 0 Å². The molecule has 1 heterocycles. The van der Waals surface area contributed by atoms with Crippen molar-refractivity contribution < 1.29 is 14.6 Å². The number of rotatable bonds is 3. The Labute approximate surface area is 109 Å². The predicted molar refractivity (Wildman–Crippen MR) is 65.6 cm³/mol. The molecule has 1 saturated heterocycles. The van der Waals surface area contributed by atoms with Gasteiger partial charge in [0.15, 0.2) is 5.54 Å². The lowest BCUT2D eigenvalue weighted by molar-refractivity contribution is -0.142. The molecule has 0 saturated carbocycles. The van der Waals surface area contributed by atoms with Crippen molar-refractivity contribution in [1.29, 1.82) is 5.26 Å². The van der Waals surface area contributed by atoms with E-state index >= 15 is 0 Å². The van der Waals surface area contributed by atoms with Crippen LogP contribution in [0.5, 0.6) is 0 Å². The smallest absolute Gasteiger partial charge is 0.331 e. The summed E-state index contributed by atoms with van der Waals surface area (Å²) in [5.74, 6) is -0.996. The van der Waals surface area contributed by atoms with Crippen molar-refractivity contribution in [2.24, 2.45) is 0 Å². The molecule has 0 amide bonds. The summed E-state index contributed by atoms with van der Waals surface area (Å²) in [4.78, 5) is 11.4. The van der Waals surface area contributed by atoms with Gasteiger partial charge >= 0.3 is 5.97 Å². The Bertz CT molecular complexity index is 519. The monoisotopic (exact) mass is 266 g/mol. The molecule has 1 fully saturated rings. The van der Waals surface area contributed by atoms with Gasteiger partial charge in [-0.2, -0.15) is 5.26 Å². The average molecular weight is 267 g/mol. The van der Waals surface area contributed by atoms with Gasteiger partial charge in [-0.1, -0.05) is 11.6 Å². The maximum absolute atomic E-state index is 11.4. The summed E-state index contributed by atoms with van der Waals surface area (Å²) in [5, 5.41) is 21.6. The second-order valence-electron chi connectivity index (χ2n) is 4.12. The number of hydrogen-bond acceptors (Lipinski definition) is 4. The topological polar surface area (TPSA) is 82.4 Å². The molecular formula is C12H11ClN2O3. The number of carboxylic acids is 1. The molecule has 0 spiro atoms. The quantitative estimate of drug-likeness (QED) is 0.873. The minimum Gasteiger partial charge on any atom is -0.479 e. The van der Waals surface area contributed by atoms with E-state index in [1.807, 2.05) is 6.07 Å². The zero-order chi connectivity index (χ0) is 13.2. The van der Waals surface area contributed by atoms with Crippen LogP contribution in [0, 0.1) is 11.3 Å². The van der Waals surface area contributed by atoms with Gasteiger partial charge in [0.25, 0.3) is 0 Å². The highest BCUT2D eigenvalue weighted by molar-refractivity contribution is 6.30. The maximum atomic E-state index is 11.4. The third kappa shape index (κ3) is 2.26. The Morgan fingerprint density at radius 1 is 1.61 bits per heavy atom. The lowest BCUT2D eigenvalue weighted by Gasteiger charge is -2.25. The summed E-state index contributed by atoms with van der Waals surface area (Å²) in [7, 11) is 0. The van der Waals surface area contributed by atoms with E-state index in [2.05, 4.69) is 5.32 Å². The van der Waals surface area contributed by atoms with Crippen molar-refractivity contribution in [3.8, 4) is 6.07 Å². The molecule has 0 bridgehead atoms. The Balaban J connectivity index is 2.35. The summed E-state index contributed by atoms with van der Waals surface area (Å²) in [6, 6.07) is 6.68. The summed E-state index contributed by atoms with van der Waals surface area (Å²) in [6.07, 6.45) is 0.347. The first-order chi connectivity index (χ1) is 8.57. The number of benzene rings is 1. The molecule has 1 aliphatic rings. The number of ether oxygens (including phenoxy) is 1. The molecular weight excluding hydrogens is 256 g/mol. The summed E-state index contributed by atoms with van der Waals surface area (Å²) < 4.78 is 5.14. The number of hydrogen-bond donors (Lipinski definition) is 2. The van der Waals surface area contributed by atoms with E-state index < -0.39 is 11.5 Å². The normalized spacial score (nSPS) is 22.4. The molecule has 1 aliphatic heterocycles. The highest BCUT2D eigenvalue weighted by atomic mass is 35.5. The Morgan fingerprint density at radius 2 is 2.39 bits per heavy atom. The largest absolute Gasteiger partial charge is 0.479 e. The SMILES string of the molecule is N#Cc1ccc(Cl)cc1NC1(C(=O)O)CCOC1. The standard InChI is InChI=1S/C12H11ClN2O3/c13-9-2-1-8(6-14)10(5-9)15-12(11(16)17)3-4-18-7-12/h1-2,5,15H,3-4,7H2,(H,16,17). The summed E-state index contributed by atoms with van der Waals surface area (Å²) in [5.41, 5.74) is -0.416. The number of carbonyl (C=O) groups is 1. The van der Waals surface area contributed by atoms with E-state index in [4.69, 9.17) is 21.6 Å². The molecule has 0 radical (unpaired) electrons. The highest BCUT2D eigenvalue weighted by Crippen LogP contribution is 2.28. The number of carboxylic acid groups (broad SMARTS) is 1. The maximum Gasteiger partial charge on any atom is 0.331 e. The second-order valence-corrected chi connectivity index (χ2v) is 4.55. The zero-order valence-electron chi connectivity index (χ0n) is 9.44. The van der Waals surface area contributed by atoms with Crippen LogP contribution in [0.1, 0.15) is 12.0 Å². The molecule has 94 valence electrons. The van der Waals surface area contributed by atoms with Crippen LogP contribution in [-0.2, 0) is 9.53 Å². The molecule has 6 heteroatoms. The molecule has 1 aromatic carbocycles. The van der Waals surface area contributed by atoms with Gasteiger partial charge in [-0.15, -0.1) is 0 Å². The van der Waals surface area contributed by atoms with Gasteiger partial charge < -0.3 is 15.2 Å². The number of aliphatic carboxylic acids is 1. The van der Waals surface area contributed by atoms with Crippen LogP contribution in [0.2, 0.25) is 5.02 Å². The summed E-state index contributed by atoms with van der Waals surface area (Å²) in [6.45, 7) is 0.446. The predicted octanol–water partition coefficient (Wildman–Crippen LogP) is 1.87. The van der Waals surface area contributed by atoms with Crippen LogP contribution >= 0.6 is 11.6 Å². The first kappa shape index (κ1) is 12.7. The van der Waals surface area contributed by atoms with E-state index in [-0.39, 0.29) is 6.61 Å². The van der Waals surface area contributed by atoms with Crippen molar-refractivity contribution >= 4 is 23.3 Å². The highest BCUT2D eigenvalue weighted by Gasteiger charge is 2.43. The van der Waals surface area contributed by atoms with Crippen molar-refractivity contribution in [2.45, 2.75) is 12.0 Å². The minimum absolute atomic E-state index is 0.0692. The van der Waals surface area contributed by atoms with Crippen LogP contribution in [0.15, 0.2) is 18.2 Å². The molecule has 5 nitrogen and oxygen atoms in total. The molecule has 0 aliphatic carbocycles. The molecule has 2 N–H and O–H groups in total. The Morgan fingerprint density at radius 3 is 2.94 bits per heavy atom. The van der Waals surface area contributed by atoms with Crippen molar-refractivity contribution in [2.75, 3.05) is 18.5 Å². The van der Waals surface area contributed by atoms with Gasteiger partial charge in [-0.05, 0) is 18.2 Å². The Hall–Kier alpha value is -1.77. The van der Waals surface area contributed by atoms with Crippen LogP contribution in [0.4, 0.5) is 5.69 Å². The first-order valence-electron chi connectivity index (χ1n) is 5.36. The van der Waals surface area contributed by atoms with Crippen molar-refractivity contribution in [3.05, 3.63) is 28.8 Å². The fourth-order valence-electron chi connectivity index (χ4n) is 1.86. The molecule has 1 unspecified atom stereocenters. The van der Waals surface area contributed by atoms with E-state index in [1.165, 1.54) is 0 Å². The Kier molecular flexibility index (Phi) is 3.41. The van der Waals surface area contributed by atoms with E-state index in [1.54, 1.807) is 18.2 Å². The van der Waals surface area contributed by atoms with Gasteiger partial charge in [0, 0.05) is 18.1 Å². The van der Waals surface area contributed by atoms with Gasteiger partial charge in [0.2, 0.25) is 0 Å². The van der Waals surface area contributed by atoms with E-state index in [0.717, 1.165) is 0 Å². The van der Waals surface area contributed by atoms with Crippen molar-refractivity contribution in [3.63, 3.8) is 0 Å². The number of nitrogens with zero attached hydrogens (tertiary/aromatic N) is 1. The van der Waals surface area contributed by atoms with Crippen LogP contribution in [-0.4, -0.2) is 29.8 Å². The molecule has 2 rings (SSSR count). The van der Waals surface area contributed by atoms with Crippen LogP contribution < -0.4 is 5.32 Å². The number of nitrogens with one attached hydrogen (secondary N) is 1. The van der Waals surface area contributed by atoms with Gasteiger partial charge in [-0.25, -0.2) is 4.79 Å². The van der Waals surface area contributed by atoms with Crippen LogP contribution in [0.3, 0.4) is 0 Å². The third-order valence-electron chi connectivity index (χ3n) is 2.91. The van der Waals surface area contributed by atoms with E-state index in [9.17, 15) is 9.90 Å². The second kappa shape index (κ2) is 4.84. The molecule has 1 atom stereocenters. The van der Waals surface area contributed by atoms with Crippen LogP contribution in [0.25, 0.3) is 0 Å². The summed E-state index contributed by atoms with van der Waals surface area (Å²) >= 11 is 5.86. The minimum atomic E-state index is -1.18. The van der Waals surface area contributed by atoms with Gasteiger partial charge in [0.05, 0.1) is 17.9 Å². The lowest BCUT2D eigenvalue weighted by Crippen LogP contribution is -2.47. The zero-order valence-corrected chi connectivity index (χ0v) is 10.2. The first-order valence-corrected chi connectivity index (χ1v) is 5.74. The third-order valence-corrected chi connectivity index (χ3v) is 3.14. The fourth-order valence-corrected chi connectivity index (χ4v) is 2.03. The fraction of sp³-hybridized carbons (Fsp3) is 0.333. The van der Waals surface area contributed by atoms with Gasteiger partial charge in [-0.3, -0.25) is 0 Å². The molecule has 0 aromatic heterocycles. The number of nitriles is 1. The van der Waals surface area contributed by atoms with E-state index in [0.29, 0.717) is 29.3 Å². The lowest BCUT2D eigenvalue weighted by atomic mass is 9.98. The molecule has 1 aromatic rings.